The van der Waals surface area contributed by atoms with Crippen LogP contribution in [0.4, 0.5) is 0 Å². The van der Waals surface area contributed by atoms with Crippen molar-refractivity contribution in [3.8, 4) is 11.4 Å². The van der Waals surface area contributed by atoms with Gasteiger partial charge in [0, 0.05) is 31.0 Å². The lowest BCUT2D eigenvalue weighted by Gasteiger charge is -2.39. The molecule has 10 heteroatoms. The number of carboxylic acids is 1. The predicted octanol–water partition coefficient (Wildman–Crippen LogP) is 5.21. The van der Waals surface area contributed by atoms with E-state index >= 15 is 0 Å². The van der Waals surface area contributed by atoms with Crippen molar-refractivity contribution in [1.82, 2.24) is 20.2 Å². The van der Waals surface area contributed by atoms with Gasteiger partial charge in [-0.3, -0.25) is 14.4 Å². The smallest absolute Gasteiger partial charge is 0.310 e. The minimum atomic E-state index is -0.906. The monoisotopic (exact) mass is 612 g/mol. The molecule has 2 amide bonds. The predicted molar refractivity (Wildman–Crippen MR) is 156 cm³/mol. The molecule has 0 spiro atoms. The number of carbonyl (C=O) groups excluding carboxylic acids is 2. The van der Waals surface area contributed by atoms with Crippen molar-refractivity contribution >= 4 is 45.5 Å². The Morgan fingerprint density at radius 2 is 1.82 bits per heavy atom. The quantitative estimate of drug-likeness (QED) is 0.379. The van der Waals surface area contributed by atoms with Crippen LogP contribution >= 0.6 is 27.7 Å². The van der Waals surface area contributed by atoms with Crippen LogP contribution in [0.25, 0.3) is 11.4 Å². The Balaban J connectivity index is 1.43. The zero-order valence-electron chi connectivity index (χ0n) is 22.3. The maximum Gasteiger partial charge on any atom is 0.310 e. The Morgan fingerprint density at radius 3 is 2.44 bits per heavy atom. The maximum atomic E-state index is 13.3. The Hall–Kier alpha value is -2.98. The van der Waals surface area contributed by atoms with E-state index in [4.69, 9.17) is 0 Å². The van der Waals surface area contributed by atoms with Gasteiger partial charge < -0.3 is 15.3 Å². The molecule has 0 saturated carbocycles. The van der Waals surface area contributed by atoms with E-state index < -0.39 is 17.9 Å². The molecule has 206 valence electrons. The summed E-state index contributed by atoms with van der Waals surface area (Å²) in [6, 6.07) is 7.06. The minimum absolute atomic E-state index is 0.0311. The third-order valence-corrected chi connectivity index (χ3v) is 9.22. The first-order valence-electron chi connectivity index (χ1n) is 13.1. The van der Waals surface area contributed by atoms with Gasteiger partial charge in [0.15, 0.2) is 5.82 Å². The lowest BCUT2D eigenvalue weighted by atomic mass is 9.89. The van der Waals surface area contributed by atoms with E-state index in [0.29, 0.717) is 30.0 Å². The zero-order chi connectivity index (χ0) is 28.2. The first-order chi connectivity index (χ1) is 18.6. The maximum absolute atomic E-state index is 13.3. The highest BCUT2D eigenvalue weighted by molar-refractivity contribution is 9.10. The number of aliphatic carboxylic acids is 1. The average molecular weight is 614 g/mol. The number of aromatic nitrogens is 2. The molecule has 2 aliphatic heterocycles. The van der Waals surface area contributed by atoms with Crippen LogP contribution in [0.2, 0.25) is 0 Å². The molecule has 0 aliphatic carbocycles. The van der Waals surface area contributed by atoms with Gasteiger partial charge >= 0.3 is 5.97 Å². The lowest BCUT2D eigenvalue weighted by Crippen LogP contribution is -2.58. The Labute approximate surface area is 241 Å². The molecule has 1 aromatic heterocycles. The van der Waals surface area contributed by atoms with Gasteiger partial charge in [0.05, 0.1) is 15.3 Å². The normalized spacial score (nSPS) is 16.6. The third-order valence-electron chi connectivity index (χ3n) is 7.30. The van der Waals surface area contributed by atoms with E-state index in [2.05, 4.69) is 58.1 Å². The summed E-state index contributed by atoms with van der Waals surface area (Å²) in [5.74, 6) is -1.36. The van der Waals surface area contributed by atoms with Crippen molar-refractivity contribution in [3.05, 3.63) is 68.7 Å². The molecule has 1 atom stereocenters. The molecule has 4 rings (SSSR count). The number of aryl methyl sites for hydroxylation is 1. The summed E-state index contributed by atoms with van der Waals surface area (Å²) in [7, 11) is 0. The molecule has 2 aromatic rings. The molecule has 1 fully saturated rings. The number of likely N-dealkylation sites (tertiary alicyclic amines) is 1. The Kier molecular flexibility index (Phi) is 9.27. The van der Waals surface area contributed by atoms with Crippen molar-refractivity contribution in [2.75, 3.05) is 13.1 Å². The van der Waals surface area contributed by atoms with Gasteiger partial charge in [-0.1, -0.05) is 69.0 Å². The topological polar surface area (TPSA) is 112 Å². The fraction of sp³-hybridized carbons (Fsp3) is 0.414. The number of hydrogen-bond acceptors (Lipinski definition) is 6. The zero-order valence-corrected chi connectivity index (χ0v) is 24.7. The Bertz CT molecular complexity index is 1290. The molecule has 2 aliphatic rings. The second-order valence-electron chi connectivity index (χ2n) is 10.5. The highest BCUT2D eigenvalue weighted by Crippen LogP contribution is 2.43. The number of nitrogens with one attached hydrogen (secondary N) is 1. The van der Waals surface area contributed by atoms with Crippen LogP contribution in [0, 0.1) is 11.3 Å². The summed E-state index contributed by atoms with van der Waals surface area (Å²) in [6.07, 6.45) is 10.0. The lowest BCUT2D eigenvalue weighted by molar-refractivity contribution is -0.154. The number of amides is 2. The first-order valence-corrected chi connectivity index (χ1v) is 14.7. The van der Waals surface area contributed by atoms with Crippen molar-refractivity contribution < 1.29 is 19.5 Å². The van der Waals surface area contributed by atoms with Crippen LogP contribution in [0.5, 0.6) is 0 Å². The minimum Gasteiger partial charge on any atom is -0.481 e. The third kappa shape index (κ3) is 7.16. The van der Waals surface area contributed by atoms with Crippen LogP contribution < -0.4 is 5.32 Å². The summed E-state index contributed by atoms with van der Waals surface area (Å²) in [5.41, 5.74) is 1.86. The van der Waals surface area contributed by atoms with Gasteiger partial charge in [0.1, 0.15) is 6.04 Å². The number of allylic oxidation sites excluding steroid dienone is 3. The highest BCUT2D eigenvalue weighted by Gasteiger charge is 2.39. The summed E-state index contributed by atoms with van der Waals surface area (Å²) in [4.78, 5) is 49.8. The molecule has 39 heavy (non-hydrogen) atoms. The van der Waals surface area contributed by atoms with Gasteiger partial charge in [-0.25, -0.2) is 9.97 Å². The van der Waals surface area contributed by atoms with Crippen molar-refractivity contribution in [2.45, 2.75) is 52.5 Å². The van der Waals surface area contributed by atoms with Gasteiger partial charge in [0.2, 0.25) is 5.91 Å². The van der Waals surface area contributed by atoms with Crippen molar-refractivity contribution in [1.29, 1.82) is 0 Å². The van der Waals surface area contributed by atoms with Gasteiger partial charge in [-0.05, 0) is 57.5 Å². The number of thioether (sulfide) groups is 1. The van der Waals surface area contributed by atoms with E-state index in [1.807, 2.05) is 30.3 Å². The number of hydrogen-bond donors (Lipinski definition) is 2. The molecule has 0 bridgehead atoms. The van der Waals surface area contributed by atoms with E-state index in [0.717, 1.165) is 26.9 Å². The molecule has 1 aromatic carbocycles. The fourth-order valence-corrected chi connectivity index (χ4v) is 5.69. The van der Waals surface area contributed by atoms with Gasteiger partial charge in [0.25, 0.3) is 5.91 Å². The summed E-state index contributed by atoms with van der Waals surface area (Å²) in [6.45, 7) is 6.78. The molecule has 1 unspecified atom stereocenters. The second kappa shape index (κ2) is 12.5. The Morgan fingerprint density at radius 1 is 1.15 bits per heavy atom. The van der Waals surface area contributed by atoms with Gasteiger partial charge in [-0.2, -0.15) is 0 Å². The number of nitrogens with zero attached hydrogens (tertiary/aromatic N) is 3. The standard InChI is InChI=1S/C29H33BrN4O4S/c1-4-29(2,3)24-7-5-6-23(39-24)26(35)33-22(27(36)34-16-20(17-34)28(37)38)13-10-18-8-11-19(12-9-18)25-31-14-21(30)15-32-25/h6-9,11-12,14-15,20,22H,4-5,10,13,16-17H2,1-3H3,(H,33,35)(H,37,38). The van der Waals surface area contributed by atoms with E-state index in [1.165, 1.54) is 16.7 Å². The molecule has 8 nitrogen and oxygen atoms in total. The number of rotatable bonds is 10. The number of carbonyl (C=O) groups is 3. The molecule has 1 saturated heterocycles. The largest absolute Gasteiger partial charge is 0.481 e. The van der Waals surface area contributed by atoms with E-state index in [9.17, 15) is 19.5 Å². The van der Waals surface area contributed by atoms with Gasteiger partial charge in [-0.15, -0.1) is 0 Å². The SMILES string of the molecule is CCC(C)(C)C1=CCC=C(C(=O)NC(CCc2ccc(-c3ncc(Br)cn3)cc2)C(=O)N2CC(C(=O)O)C2)S1. The first kappa shape index (κ1) is 29.0. The molecular formula is C29H33BrN4O4S. The molecule has 0 radical (unpaired) electrons. The van der Waals surface area contributed by atoms with Crippen molar-refractivity contribution in [2.24, 2.45) is 11.3 Å². The number of benzene rings is 1. The van der Waals surface area contributed by atoms with E-state index in [1.54, 1.807) is 12.4 Å². The molecule has 3 heterocycles. The molecular weight excluding hydrogens is 580 g/mol. The van der Waals surface area contributed by atoms with Crippen LogP contribution in [0.3, 0.4) is 0 Å². The van der Waals surface area contributed by atoms with Crippen LogP contribution in [-0.2, 0) is 20.8 Å². The highest BCUT2D eigenvalue weighted by atomic mass is 79.9. The van der Waals surface area contributed by atoms with E-state index in [-0.39, 0.29) is 30.3 Å². The number of halogens is 1. The van der Waals surface area contributed by atoms with Crippen LogP contribution in [0.1, 0.15) is 45.6 Å². The summed E-state index contributed by atoms with van der Waals surface area (Å²) < 4.78 is 0.807. The molecule has 2 N–H and O–H groups in total. The van der Waals surface area contributed by atoms with Crippen LogP contribution in [-0.4, -0.2) is 56.9 Å². The fourth-order valence-electron chi connectivity index (χ4n) is 4.32. The second-order valence-corrected chi connectivity index (χ2v) is 12.5. The van der Waals surface area contributed by atoms with Crippen LogP contribution in [0.15, 0.2) is 63.1 Å². The number of carboxylic acid groups (broad SMARTS) is 1. The van der Waals surface area contributed by atoms with Crippen molar-refractivity contribution in [3.63, 3.8) is 0 Å². The summed E-state index contributed by atoms with van der Waals surface area (Å²) in [5, 5.41) is 12.2. The average Bonchev–Trinajstić information content (AvgIpc) is 2.90. The summed E-state index contributed by atoms with van der Waals surface area (Å²) >= 11 is 4.80.